The fraction of sp³-hybridized carbons (Fsp3) is 0.385. The maximum atomic E-state index is 11.1. The van der Waals surface area contributed by atoms with Crippen LogP contribution in [0.5, 0.6) is 11.5 Å². The molecule has 9 heteroatoms. The van der Waals surface area contributed by atoms with Gasteiger partial charge in [-0.3, -0.25) is 0 Å². The number of hydrogen-bond acceptors (Lipinski definition) is 5. The number of benzene rings is 1. The molecular formula is C26H30N4O4S. The zero-order valence-electron chi connectivity index (χ0n) is 20.0. The van der Waals surface area contributed by atoms with E-state index in [4.69, 9.17) is 19.6 Å². The van der Waals surface area contributed by atoms with Crippen LogP contribution >= 0.6 is 11.3 Å². The van der Waals surface area contributed by atoms with E-state index in [0.717, 1.165) is 35.1 Å². The summed E-state index contributed by atoms with van der Waals surface area (Å²) < 4.78 is 17.8. The summed E-state index contributed by atoms with van der Waals surface area (Å²) in [6.07, 6.45) is 3.53. The number of thiophene rings is 1. The zero-order valence-corrected chi connectivity index (χ0v) is 20.8. The molecule has 1 aliphatic heterocycles. The van der Waals surface area contributed by atoms with Crippen LogP contribution in [-0.4, -0.2) is 56.0 Å². The van der Waals surface area contributed by atoms with Gasteiger partial charge in [-0.1, -0.05) is 13.0 Å². The molecule has 184 valence electrons. The van der Waals surface area contributed by atoms with Crippen LogP contribution in [-0.2, 0) is 20.0 Å². The molecule has 35 heavy (non-hydrogen) atoms. The first kappa shape index (κ1) is 23.3. The molecule has 5 rings (SSSR count). The van der Waals surface area contributed by atoms with Gasteiger partial charge in [-0.05, 0) is 36.1 Å². The van der Waals surface area contributed by atoms with E-state index in [9.17, 15) is 4.79 Å². The number of nitrogens with zero attached hydrogens (tertiary/aromatic N) is 4. The van der Waals surface area contributed by atoms with Gasteiger partial charge in [0.1, 0.15) is 24.2 Å². The Balaban J connectivity index is 1.22. The number of rotatable bonds is 8. The summed E-state index contributed by atoms with van der Waals surface area (Å²) in [6.45, 7) is 4.31. The molecule has 4 heterocycles. The van der Waals surface area contributed by atoms with Crippen molar-refractivity contribution in [1.29, 1.82) is 0 Å². The predicted molar refractivity (Wildman–Crippen MR) is 137 cm³/mol. The molecule has 0 bridgehead atoms. The highest BCUT2D eigenvalue weighted by Crippen LogP contribution is 2.30. The Morgan fingerprint density at radius 1 is 1.20 bits per heavy atom. The van der Waals surface area contributed by atoms with Crippen molar-refractivity contribution in [1.82, 2.24) is 19.0 Å². The second-order valence-electron chi connectivity index (χ2n) is 8.77. The summed E-state index contributed by atoms with van der Waals surface area (Å²) in [5.41, 5.74) is 3.39. The fourth-order valence-electron chi connectivity index (χ4n) is 4.54. The van der Waals surface area contributed by atoms with Gasteiger partial charge in [0.2, 0.25) is 0 Å². The lowest BCUT2D eigenvalue weighted by Crippen LogP contribution is -2.41. The summed E-state index contributed by atoms with van der Waals surface area (Å²) in [4.78, 5) is 17.4. The minimum absolute atomic E-state index is 0.0155. The van der Waals surface area contributed by atoms with E-state index in [-0.39, 0.29) is 6.10 Å². The highest BCUT2D eigenvalue weighted by atomic mass is 32.1. The lowest BCUT2D eigenvalue weighted by molar-refractivity contribution is 0.0893. The van der Waals surface area contributed by atoms with Gasteiger partial charge in [0.05, 0.1) is 28.1 Å². The quantitative estimate of drug-likeness (QED) is 0.361. The van der Waals surface area contributed by atoms with Crippen LogP contribution in [0.4, 0.5) is 4.79 Å². The number of carbonyl (C=O) groups is 1. The molecule has 0 aliphatic carbocycles. The van der Waals surface area contributed by atoms with Crippen molar-refractivity contribution >= 4 is 27.6 Å². The van der Waals surface area contributed by atoms with E-state index in [1.54, 1.807) is 11.3 Å². The molecular weight excluding hydrogens is 464 g/mol. The van der Waals surface area contributed by atoms with Crippen LogP contribution in [0.1, 0.15) is 25.5 Å². The number of imidazole rings is 1. The van der Waals surface area contributed by atoms with Crippen LogP contribution < -0.4 is 9.47 Å². The van der Waals surface area contributed by atoms with Gasteiger partial charge in [0, 0.05) is 45.2 Å². The summed E-state index contributed by atoms with van der Waals surface area (Å²) in [7, 11) is 2.09. The van der Waals surface area contributed by atoms with Crippen LogP contribution in [0.25, 0.3) is 21.7 Å². The van der Waals surface area contributed by atoms with Crippen LogP contribution in [0.15, 0.2) is 48.0 Å². The minimum atomic E-state index is -0.863. The molecule has 0 spiro atoms. The van der Waals surface area contributed by atoms with Gasteiger partial charge < -0.3 is 28.6 Å². The lowest BCUT2D eigenvalue weighted by atomic mass is 10.1. The minimum Gasteiger partial charge on any atom is -0.492 e. The first-order valence-electron chi connectivity index (χ1n) is 12.0. The summed E-state index contributed by atoms with van der Waals surface area (Å²) in [5.74, 6) is 2.46. The Morgan fingerprint density at radius 2 is 2.00 bits per heavy atom. The molecule has 1 aliphatic rings. The van der Waals surface area contributed by atoms with Gasteiger partial charge >= 0.3 is 6.09 Å². The second-order valence-corrected chi connectivity index (χ2v) is 9.72. The molecule has 3 aromatic heterocycles. The van der Waals surface area contributed by atoms with Crippen molar-refractivity contribution in [3.8, 4) is 23.0 Å². The molecule has 1 amide bonds. The number of hydrogen-bond donors (Lipinski definition) is 1. The maximum Gasteiger partial charge on any atom is 0.407 e. The average molecular weight is 495 g/mol. The molecule has 0 unspecified atom stereocenters. The van der Waals surface area contributed by atoms with Gasteiger partial charge in [-0.15, -0.1) is 11.3 Å². The van der Waals surface area contributed by atoms with Gasteiger partial charge in [-0.25, -0.2) is 9.78 Å². The Morgan fingerprint density at radius 3 is 2.74 bits per heavy atom. The number of fused-ring (bicyclic) bond motifs is 1. The zero-order chi connectivity index (χ0) is 24.4. The van der Waals surface area contributed by atoms with E-state index in [1.807, 2.05) is 24.3 Å². The Labute approximate surface area is 208 Å². The van der Waals surface area contributed by atoms with Crippen molar-refractivity contribution in [3.63, 3.8) is 0 Å². The first-order chi connectivity index (χ1) is 17.0. The standard InChI is InChI=1S/C26H30N4O4S/c1-3-18-17-30(25(27-18)23-16-24-22(28(23)2)9-14-35-24)12-13-33-20-5-4-6-21(15-20)34-19-7-10-29(11-8-19)26(31)32/h4-6,9,14-17,19H,3,7-8,10-13H2,1-2H3,(H,31,32). The van der Waals surface area contributed by atoms with E-state index in [1.165, 1.54) is 15.1 Å². The third-order valence-electron chi connectivity index (χ3n) is 6.50. The third-order valence-corrected chi connectivity index (χ3v) is 7.36. The van der Waals surface area contributed by atoms with E-state index < -0.39 is 6.09 Å². The molecule has 8 nitrogen and oxygen atoms in total. The molecule has 1 N–H and O–H groups in total. The summed E-state index contributed by atoms with van der Waals surface area (Å²) in [5, 5.41) is 11.2. The molecule has 0 saturated carbocycles. The van der Waals surface area contributed by atoms with Crippen LogP contribution in [0, 0.1) is 0 Å². The number of carboxylic acid groups (broad SMARTS) is 1. The summed E-state index contributed by atoms with van der Waals surface area (Å²) in [6, 6.07) is 12.0. The molecule has 0 radical (unpaired) electrons. The molecule has 1 saturated heterocycles. The number of piperidine rings is 1. The number of likely N-dealkylation sites (tertiary alicyclic amines) is 1. The first-order valence-corrected chi connectivity index (χ1v) is 12.9. The topological polar surface area (TPSA) is 81.8 Å². The van der Waals surface area contributed by atoms with Gasteiger partial charge in [0.15, 0.2) is 5.82 Å². The number of aromatic nitrogens is 3. The number of ether oxygens (including phenoxy) is 2. The SMILES string of the molecule is CCc1cn(CCOc2cccc(OC3CCN(C(=O)O)CC3)c2)c(-c2cc3sccc3n2C)n1. The smallest absolute Gasteiger partial charge is 0.407 e. The highest BCUT2D eigenvalue weighted by molar-refractivity contribution is 7.17. The van der Waals surface area contributed by atoms with Crippen molar-refractivity contribution in [2.24, 2.45) is 7.05 Å². The molecule has 1 fully saturated rings. The molecule has 0 atom stereocenters. The van der Waals surface area contributed by atoms with Crippen molar-refractivity contribution in [2.45, 2.75) is 38.8 Å². The Hall–Kier alpha value is -3.46. The van der Waals surface area contributed by atoms with Crippen molar-refractivity contribution in [3.05, 3.63) is 53.7 Å². The number of aryl methyl sites for hydroxylation is 2. The molecule has 1 aromatic carbocycles. The normalized spacial score (nSPS) is 14.5. The van der Waals surface area contributed by atoms with E-state index in [0.29, 0.717) is 39.1 Å². The van der Waals surface area contributed by atoms with Gasteiger partial charge in [-0.2, -0.15) is 0 Å². The fourth-order valence-corrected chi connectivity index (χ4v) is 5.39. The number of amides is 1. The molecule has 4 aromatic rings. The highest BCUT2D eigenvalue weighted by Gasteiger charge is 2.23. The third kappa shape index (κ3) is 5.00. The lowest BCUT2D eigenvalue weighted by Gasteiger charge is -2.30. The van der Waals surface area contributed by atoms with E-state index in [2.05, 4.69) is 46.8 Å². The average Bonchev–Trinajstić information content (AvgIpc) is 3.56. The van der Waals surface area contributed by atoms with E-state index >= 15 is 0 Å². The second kappa shape index (κ2) is 10.0. The van der Waals surface area contributed by atoms with Crippen LogP contribution in [0.3, 0.4) is 0 Å². The largest absolute Gasteiger partial charge is 0.492 e. The van der Waals surface area contributed by atoms with Crippen LogP contribution in [0.2, 0.25) is 0 Å². The predicted octanol–water partition coefficient (Wildman–Crippen LogP) is 5.27. The Kier molecular flexibility index (Phi) is 6.68. The monoisotopic (exact) mass is 494 g/mol. The van der Waals surface area contributed by atoms with Crippen molar-refractivity contribution in [2.75, 3.05) is 19.7 Å². The van der Waals surface area contributed by atoms with Gasteiger partial charge in [0.25, 0.3) is 0 Å². The summed E-state index contributed by atoms with van der Waals surface area (Å²) >= 11 is 1.74. The Bertz CT molecular complexity index is 1320. The van der Waals surface area contributed by atoms with Crippen molar-refractivity contribution < 1.29 is 19.4 Å². The maximum absolute atomic E-state index is 11.1.